The molecule has 2 aromatic rings. The topological polar surface area (TPSA) is 58.6 Å². The highest BCUT2D eigenvalue weighted by atomic mass is 35.5. The molecule has 0 radical (unpaired) electrons. The minimum Gasteiger partial charge on any atom is -0.481 e. The van der Waals surface area contributed by atoms with Gasteiger partial charge in [0.1, 0.15) is 11.6 Å². The minimum absolute atomic E-state index is 0.103. The van der Waals surface area contributed by atoms with E-state index in [9.17, 15) is 4.79 Å². The second-order valence-electron chi connectivity index (χ2n) is 6.36. The molecular formula is C19H23ClN4O2. The van der Waals surface area contributed by atoms with Gasteiger partial charge in [0.15, 0.2) is 0 Å². The Morgan fingerprint density at radius 3 is 2.50 bits per heavy atom. The summed E-state index contributed by atoms with van der Waals surface area (Å²) in [6, 6.07) is 7.49. The van der Waals surface area contributed by atoms with Crippen LogP contribution in [0.2, 0.25) is 5.02 Å². The Kier molecular flexibility index (Phi) is 5.61. The van der Waals surface area contributed by atoms with Gasteiger partial charge in [-0.1, -0.05) is 29.8 Å². The van der Waals surface area contributed by atoms with Crippen molar-refractivity contribution in [3.8, 4) is 5.88 Å². The average molecular weight is 375 g/mol. The number of hydrogen-bond donors (Lipinski definition) is 0. The van der Waals surface area contributed by atoms with Gasteiger partial charge in [0.25, 0.3) is 0 Å². The Balaban J connectivity index is 1.65. The molecular weight excluding hydrogens is 352 g/mol. The molecule has 26 heavy (non-hydrogen) atoms. The van der Waals surface area contributed by atoms with E-state index in [1.54, 1.807) is 7.11 Å². The number of carbonyl (C=O) groups is 1. The quantitative estimate of drug-likeness (QED) is 0.823. The molecule has 0 saturated carbocycles. The number of benzene rings is 1. The Labute approximate surface area is 158 Å². The molecule has 7 heteroatoms. The van der Waals surface area contributed by atoms with Gasteiger partial charge in [-0.25, -0.2) is 4.98 Å². The number of piperazine rings is 1. The molecule has 0 spiro atoms. The number of nitrogens with zero attached hydrogens (tertiary/aromatic N) is 4. The molecule has 1 aromatic carbocycles. The van der Waals surface area contributed by atoms with Crippen molar-refractivity contribution in [1.29, 1.82) is 0 Å². The monoisotopic (exact) mass is 374 g/mol. The third-order valence-corrected chi connectivity index (χ3v) is 4.98. The fourth-order valence-electron chi connectivity index (χ4n) is 3.18. The summed E-state index contributed by atoms with van der Waals surface area (Å²) in [5, 5.41) is 0.638. The number of methoxy groups -OCH3 is 1. The maximum Gasteiger partial charge on any atom is 0.227 e. The molecule has 6 nitrogen and oxygen atoms in total. The van der Waals surface area contributed by atoms with Gasteiger partial charge in [-0.15, -0.1) is 0 Å². The van der Waals surface area contributed by atoms with Gasteiger partial charge in [0.2, 0.25) is 11.8 Å². The smallest absolute Gasteiger partial charge is 0.227 e. The van der Waals surface area contributed by atoms with E-state index in [0.29, 0.717) is 36.2 Å². The predicted molar refractivity (Wildman–Crippen MR) is 102 cm³/mol. The molecule has 1 fully saturated rings. The molecule has 0 atom stereocenters. The fraction of sp³-hybridized carbons (Fsp3) is 0.421. The van der Waals surface area contributed by atoms with Crippen LogP contribution in [0.1, 0.15) is 17.0 Å². The van der Waals surface area contributed by atoms with Crippen molar-refractivity contribution < 1.29 is 9.53 Å². The molecule has 0 unspecified atom stereocenters. The van der Waals surface area contributed by atoms with Gasteiger partial charge in [-0.3, -0.25) is 4.79 Å². The van der Waals surface area contributed by atoms with Gasteiger partial charge < -0.3 is 14.5 Å². The zero-order chi connectivity index (χ0) is 18.7. The van der Waals surface area contributed by atoms with E-state index < -0.39 is 0 Å². The fourth-order valence-corrected chi connectivity index (χ4v) is 3.38. The second kappa shape index (κ2) is 7.91. The zero-order valence-corrected chi connectivity index (χ0v) is 16.1. The van der Waals surface area contributed by atoms with Crippen LogP contribution in [0.5, 0.6) is 5.88 Å². The lowest BCUT2D eigenvalue weighted by Crippen LogP contribution is -2.49. The number of aromatic nitrogens is 2. The van der Waals surface area contributed by atoms with Crippen molar-refractivity contribution in [2.24, 2.45) is 0 Å². The normalized spacial score (nSPS) is 14.5. The first-order valence-electron chi connectivity index (χ1n) is 8.65. The largest absolute Gasteiger partial charge is 0.481 e. The van der Waals surface area contributed by atoms with E-state index in [1.165, 1.54) is 0 Å². The van der Waals surface area contributed by atoms with Crippen LogP contribution in [0.3, 0.4) is 0 Å². The molecule has 1 saturated heterocycles. The highest BCUT2D eigenvalue weighted by molar-refractivity contribution is 6.31. The highest BCUT2D eigenvalue weighted by Crippen LogP contribution is 2.26. The molecule has 0 N–H and O–H groups in total. The molecule has 1 aromatic heterocycles. The third kappa shape index (κ3) is 3.90. The molecule has 0 bridgehead atoms. The van der Waals surface area contributed by atoms with Crippen molar-refractivity contribution in [2.45, 2.75) is 20.3 Å². The van der Waals surface area contributed by atoms with Crippen LogP contribution in [-0.2, 0) is 11.2 Å². The van der Waals surface area contributed by atoms with Crippen LogP contribution in [-0.4, -0.2) is 54.1 Å². The number of ether oxygens (including phenoxy) is 1. The van der Waals surface area contributed by atoms with Crippen LogP contribution in [0.4, 0.5) is 5.82 Å². The molecule has 1 amide bonds. The van der Waals surface area contributed by atoms with Crippen LogP contribution in [0.15, 0.2) is 24.3 Å². The van der Waals surface area contributed by atoms with Crippen molar-refractivity contribution in [2.75, 3.05) is 38.2 Å². The Morgan fingerprint density at radius 2 is 1.85 bits per heavy atom. The van der Waals surface area contributed by atoms with Gasteiger partial charge in [-0.05, 0) is 25.5 Å². The first-order chi connectivity index (χ1) is 12.5. The lowest BCUT2D eigenvalue weighted by atomic mass is 10.1. The molecule has 2 heterocycles. The van der Waals surface area contributed by atoms with E-state index in [-0.39, 0.29) is 5.91 Å². The molecule has 138 valence electrons. The average Bonchev–Trinajstić information content (AvgIpc) is 2.65. The Bertz CT molecular complexity index is 804. The number of carbonyl (C=O) groups excluding carboxylic acids is 1. The summed E-state index contributed by atoms with van der Waals surface area (Å²) in [6.07, 6.45) is 0.332. The highest BCUT2D eigenvalue weighted by Gasteiger charge is 2.24. The number of rotatable bonds is 4. The van der Waals surface area contributed by atoms with E-state index >= 15 is 0 Å². The number of aryl methyl sites for hydroxylation is 1. The Morgan fingerprint density at radius 1 is 1.15 bits per heavy atom. The lowest BCUT2D eigenvalue weighted by Gasteiger charge is -2.36. The summed E-state index contributed by atoms with van der Waals surface area (Å²) in [5.74, 6) is 2.27. The van der Waals surface area contributed by atoms with Gasteiger partial charge in [-0.2, -0.15) is 4.98 Å². The summed E-state index contributed by atoms with van der Waals surface area (Å²) >= 11 is 6.17. The number of hydrogen-bond acceptors (Lipinski definition) is 5. The number of amides is 1. The van der Waals surface area contributed by atoms with E-state index in [4.69, 9.17) is 16.3 Å². The summed E-state index contributed by atoms with van der Waals surface area (Å²) in [6.45, 7) is 6.60. The SMILES string of the molecule is COc1nc(C)nc(N2CCN(C(=O)Cc3ccccc3Cl)CC2)c1C. The molecule has 0 aliphatic carbocycles. The van der Waals surface area contributed by atoms with Crippen LogP contribution in [0, 0.1) is 13.8 Å². The standard InChI is InChI=1S/C19H23ClN4O2/c1-13-18(21-14(2)22-19(13)26-3)24-10-8-23(9-11-24)17(25)12-15-6-4-5-7-16(15)20/h4-7H,8-12H2,1-3H3. The van der Waals surface area contributed by atoms with Gasteiger partial charge in [0.05, 0.1) is 19.1 Å². The molecule has 1 aliphatic heterocycles. The van der Waals surface area contributed by atoms with Crippen molar-refractivity contribution >= 4 is 23.3 Å². The van der Waals surface area contributed by atoms with E-state index in [2.05, 4.69) is 14.9 Å². The van der Waals surface area contributed by atoms with E-state index in [1.807, 2.05) is 43.0 Å². The molecule has 3 rings (SSSR count). The summed E-state index contributed by atoms with van der Waals surface area (Å²) in [7, 11) is 1.61. The van der Waals surface area contributed by atoms with Crippen LogP contribution >= 0.6 is 11.6 Å². The second-order valence-corrected chi connectivity index (χ2v) is 6.77. The summed E-state index contributed by atoms with van der Waals surface area (Å²) in [4.78, 5) is 25.5. The lowest BCUT2D eigenvalue weighted by molar-refractivity contribution is -0.130. The first-order valence-corrected chi connectivity index (χ1v) is 9.02. The van der Waals surface area contributed by atoms with Crippen molar-refractivity contribution in [3.05, 3.63) is 46.2 Å². The van der Waals surface area contributed by atoms with Crippen molar-refractivity contribution in [1.82, 2.24) is 14.9 Å². The zero-order valence-electron chi connectivity index (χ0n) is 15.3. The van der Waals surface area contributed by atoms with Crippen LogP contribution in [0.25, 0.3) is 0 Å². The minimum atomic E-state index is 0.103. The third-order valence-electron chi connectivity index (χ3n) is 4.61. The maximum atomic E-state index is 12.6. The first kappa shape index (κ1) is 18.5. The maximum absolute atomic E-state index is 12.6. The molecule has 1 aliphatic rings. The van der Waals surface area contributed by atoms with Gasteiger partial charge in [0, 0.05) is 31.2 Å². The van der Waals surface area contributed by atoms with Crippen molar-refractivity contribution in [3.63, 3.8) is 0 Å². The summed E-state index contributed by atoms with van der Waals surface area (Å²) in [5.41, 5.74) is 1.79. The summed E-state index contributed by atoms with van der Waals surface area (Å²) < 4.78 is 5.34. The predicted octanol–water partition coefficient (Wildman–Crippen LogP) is 2.65. The van der Waals surface area contributed by atoms with E-state index in [0.717, 1.165) is 30.0 Å². The number of halogens is 1. The Hall–Kier alpha value is -2.34. The van der Waals surface area contributed by atoms with Gasteiger partial charge >= 0.3 is 0 Å². The van der Waals surface area contributed by atoms with Crippen LogP contribution < -0.4 is 9.64 Å². The number of anilines is 1.